The van der Waals surface area contributed by atoms with Crippen molar-refractivity contribution >= 4 is 12.4 Å². The molecular formula is C30H51NO22. The van der Waals surface area contributed by atoms with E-state index in [2.05, 4.69) is 5.32 Å². The first-order valence-electron chi connectivity index (χ1n) is 16.9. The molecule has 308 valence electrons. The molecule has 0 spiro atoms. The number of hydrogen-bond donors (Lipinski definition) is 13. The smallest absolute Gasteiger partial charge is 0.334 e. The number of ether oxygens (including phenoxy) is 8. The zero-order valence-electron chi connectivity index (χ0n) is 29.0. The van der Waals surface area contributed by atoms with Gasteiger partial charge in [0.15, 0.2) is 12.6 Å². The molecule has 4 rings (SSSR count). The maximum Gasteiger partial charge on any atom is 0.334 e. The standard InChI is InChI=1S/C30H51NO22/c1-10-13(37)4-29(47-9-35,53-30(10,45)17(38)7-34)46-8-16-20(40)22(42)24(44)28(50-16)52-26-15(6-33)49-27(18(21(26)41)31-12(3)36)51-25-11(2)48-14(5-32)19(39)23(25)43/h9-11,13-28,32-34,37-45H,4-8H2,1-3H3,(H,31,36)/t10-,11-,13-,14?,15+,16?,17?,18?,19-,20+,21?,22+,23+,24?,25?,26-,27+,28+,29+,30+/m1/s1. The summed E-state index contributed by atoms with van der Waals surface area (Å²) >= 11 is 0. The van der Waals surface area contributed by atoms with Gasteiger partial charge < -0.3 is 99.8 Å². The Morgan fingerprint density at radius 1 is 0.830 bits per heavy atom. The van der Waals surface area contributed by atoms with Crippen LogP contribution in [-0.2, 0) is 47.5 Å². The Morgan fingerprint density at radius 3 is 2.02 bits per heavy atom. The number of hydrogen-bond acceptors (Lipinski definition) is 22. The maximum absolute atomic E-state index is 12.2. The molecule has 0 aliphatic carbocycles. The Hall–Kier alpha value is -1.82. The van der Waals surface area contributed by atoms with Gasteiger partial charge in [0.1, 0.15) is 79.3 Å². The molecule has 1 amide bonds. The van der Waals surface area contributed by atoms with Crippen LogP contribution in [0.25, 0.3) is 0 Å². The Morgan fingerprint density at radius 2 is 1.43 bits per heavy atom. The Kier molecular flexibility index (Phi) is 14.9. The second-order valence-electron chi connectivity index (χ2n) is 13.5. The van der Waals surface area contributed by atoms with E-state index in [0.717, 1.165) is 6.92 Å². The summed E-state index contributed by atoms with van der Waals surface area (Å²) in [5.74, 6) is -7.35. The van der Waals surface area contributed by atoms with Gasteiger partial charge in [-0.1, -0.05) is 6.92 Å². The average Bonchev–Trinajstić information content (AvgIpc) is 3.11. The average molecular weight is 778 g/mol. The quantitative estimate of drug-likeness (QED) is 0.0575. The van der Waals surface area contributed by atoms with Crippen molar-refractivity contribution in [1.29, 1.82) is 0 Å². The molecule has 4 heterocycles. The van der Waals surface area contributed by atoms with Gasteiger partial charge in [-0.25, -0.2) is 0 Å². The minimum absolute atomic E-state index is 0.171. The highest BCUT2D eigenvalue weighted by Crippen LogP contribution is 2.42. The van der Waals surface area contributed by atoms with Crippen molar-refractivity contribution in [2.45, 2.75) is 143 Å². The number of carbonyl (C=O) groups is 2. The molecule has 53 heavy (non-hydrogen) atoms. The Bertz CT molecular complexity index is 1200. The number of nitrogens with one attached hydrogen (secondary N) is 1. The number of rotatable bonds is 14. The lowest BCUT2D eigenvalue weighted by atomic mass is 9.85. The van der Waals surface area contributed by atoms with Crippen LogP contribution in [0.3, 0.4) is 0 Å². The van der Waals surface area contributed by atoms with E-state index in [4.69, 9.17) is 37.9 Å². The Labute approximate surface area is 302 Å². The number of carbonyl (C=O) groups excluding carboxylic acids is 2. The zero-order chi connectivity index (χ0) is 39.6. The van der Waals surface area contributed by atoms with E-state index in [9.17, 15) is 70.9 Å². The third-order valence-electron chi connectivity index (χ3n) is 9.93. The number of aliphatic hydroxyl groups is 12. The second-order valence-corrected chi connectivity index (χ2v) is 13.5. The molecule has 0 radical (unpaired) electrons. The first kappa shape index (κ1) is 43.9. The third kappa shape index (κ3) is 9.09. The monoisotopic (exact) mass is 777 g/mol. The van der Waals surface area contributed by atoms with Gasteiger partial charge in [-0.2, -0.15) is 0 Å². The predicted octanol–water partition coefficient (Wildman–Crippen LogP) is -8.05. The molecule has 7 unspecified atom stereocenters. The van der Waals surface area contributed by atoms with E-state index in [0.29, 0.717) is 0 Å². The lowest BCUT2D eigenvalue weighted by molar-refractivity contribution is -0.483. The van der Waals surface area contributed by atoms with E-state index in [-0.39, 0.29) is 6.47 Å². The molecule has 4 saturated heterocycles. The summed E-state index contributed by atoms with van der Waals surface area (Å²) in [4.78, 5) is 23.6. The fourth-order valence-electron chi connectivity index (χ4n) is 6.76. The third-order valence-corrected chi connectivity index (χ3v) is 9.93. The molecule has 23 heteroatoms. The van der Waals surface area contributed by atoms with Crippen LogP contribution in [0, 0.1) is 5.92 Å². The van der Waals surface area contributed by atoms with E-state index in [1.807, 2.05) is 0 Å². The van der Waals surface area contributed by atoms with Crippen molar-refractivity contribution in [3.05, 3.63) is 0 Å². The van der Waals surface area contributed by atoms with Crippen molar-refractivity contribution < 1.29 is 109 Å². The van der Waals surface area contributed by atoms with E-state index in [1.54, 1.807) is 0 Å². The molecule has 0 bridgehead atoms. The molecule has 0 saturated carbocycles. The van der Waals surface area contributed by atoms with Gasteiger partial charge in [-0.3, -0.25) is 14.3 Å². The van der Waals surface area contributed by atoms with E-state index in [1.165, 1.54) is 13.8 Å². The summed E-state index contributed by atoms with van der Waals surface area (Å²) in [5.41, 5.74) is 0. The molecular weight excluding hydrogens is 726 g/mol. The fraction of sp³-hybridized carbons (Fsp3) is 0.933. The van der Waals surface area contributed by atoms with E-state index < -0.39 is 161 Å². The molecule has 4 aliphatic heterocycles. The highest BCUT2D eigenvalue weighted by molar-refractivity contribution is 5.73. The molecule has 0 aromatic carbocycles. The van der Waals surface area contributed by atoms with Crippen molar-refractivity contribution in [3.8, 4) is 0 Å². The fourth-order valence-corrected chi connectivity index (χ4v) is 6.76. The van der Waals surface area contributed by atoms with Crippen LogP contribution in [0.1, 0.15) is 27.2 Å². The van der Waals surface area contributed by atoms with Crippen LogP contribution in [0.15, 0.2) is 0 Å². The topological polar surface area (TPSA) is 363 Å². The lowest BCUT2D eigenvalue weighted by Crippen LogP contribution is -2.69. The molecule has 13 N–H and O–H groups in total. The van der Waals surface area contributed by atoms with Crippen LogP contribution in [0.4, 0.5) is 0 Å². The van der Waals surface area contributed by atoms with Gasteiger partial charge in [0.05, 0.1) is 45.1 Å². The first-order valence-corrected chi connectivity index (χ1v) is 16.9. The molecule has 23 nitrogen and oxygen atoms in total. The summed E-state index contributed by atoms with van der Waals surface area (Å²) in [6.07, 6.45) is -27.3. The van der Waals surface area contributed by atoms with Gasteiger partial charge in [0, 0.05) is 12.8 Å². The largest absolute Gasteiger partial charge is 0.410 e. The van der Waals surface area contributed by atoms with Gasteiger partial charge in [-0.15, -0.1) is 0 Å². The van der Waals surface area contributed by atoms with Crippen LogP contribution in [0.5, 0.6) is 0 Å². The molecule has 4 fully saturated rings. The van der Waals surface area contributed by atoms with Gasteiger partial charge >= 0.3 is 5.97 Å². The van der Waals surface area contributed by atoms with Crippen LogP contribution >= 0.6 is 0 Å². The summed E-state index contributed by atoms with van der Waals surface area (Å²) in [6, 6.07) is -1.52. The Balaban J connectivity index is 1.53. The van der Waals surface area contributed by atoms with Crippen LogP contribution in [0.2, 0.25) is 0 Å². The summed E-state index contributed by atoms with van der Waals surface area (Å²) in [7, 11) is 0. The van der Waals surface area contributed by atoms with Crippen molar-refractivity contribution in [1.82, 2.24) is 5.32 Å². The molecule has 0 aromatic rings. The molecule has 0 aromatic heterocycles. The summed E-state index contributed by atoms with van der Waals surface area (Å²) < 4.78 is 44.4. The number of amides is 1. The second kappa shape index (κ2) is 18.0. The lowest BCUT2D eigenvalue weighted by Gasteiger charge is -2.50. The van der Waals surface area contributed by atoms with Crippen molar-refractivity contribution in [3.63, 3.8) is 0 Å². The zero-order valence-corrected chi connectivity index (χ0v) is 29.0. The highest BCUT2D eigenvalue weighted by Gasteiger charge is 2.60. The SMILES string of the molecule is CC(=O)NC1C(O)[C@H](O[C@@H]2OC(CO[C@]3(OC=O)C[C@@H](O)[C@@H](C)[C@@](O)(C(O)CO)O3)[C@H](O)[C@H](O)C2O)[C@H](CO)O[C@H]1OC1[C@@H](O)[C@H](O)C(CO)O[C@@H]1C. The number of aliphatic hydroxyl groups excluding tert-OH is 11. The molecule has 4 aliphatic rings. The van der Waals surface area contributed by atoms with Crippen molar-refractivity contribution in [2.75, 3.05) is 26.4 Å². The normalized spacial score (nSPS) is 48.5. The predicted molar refractivity (Wildman–Crippen MR) is 164 cm³/mol. The van der Waals surface area contributed by atoms with Crippen LogP contribution in [-0.4, -0.2) is 216 Å². The maximum atomic E-state index is 12.2. The van der Waals surface area contributed by atoms with Gasteiger partial charge in [0.25, 0.3) is 6.47 Å². The van der Waals surface area contributed by atoms with Gasteiger partial charge in [-0.05, 0) is 6.92 Å². The van der Waals surface area contributed by atoms with Crippen molar-refractivity contribution in [2.24, 2.45) is 5.92 Å². The minimum Gasteiger partial charge on any atom is -0.410 e. The highest BCUT2D eigenvalue weighted by atomic mass is 16.9. The summed E-state index contributed by atoms with van der Waals surface area (Å²) in [5, 5.41) is 128. The summed E-state index contributed by atoms with van der Waals surface area (Å²) in [6.45, 7) is 0.184. The minimum atomic E-state index is -2.73. The van der Waals surface area contributed by atoms with Crippen LogP contribution < -0.4 is 5.32 Å². The first-order chi connectivity index (χ1) is 24.9. The van der Waals surface area contributed by atoms with E-state index >= 15 is 0 Å². The molecule has 20 atom stereocenters. The van der Waals surface area contributed by atoms with Gasteiger partial charge in [0.2, 0.25) is 11.7 Å².